The Morgan fingerprint density at radius 1 is 0.810 bits per heavy atom. The van der Waals surface area contributed by atoms with Gasteiger partial charge in [0.15, 0.2) is 0 Å². The lowest BCUT2D eigenvalue weighted by Crippen LogP contribution is -2.53. The lowest BCUT2D eigenvalue weighted by atomic mass is 9.84. The fraction of sp³-hybridized carbons (Fsp3) is 0.457. The summed E-state index contributed by atoms with van der Waals surface area (Å²) in [6.07, 6.45) is 6.32. The number of nitrogens with one attached hydrogen (secondary N) is 5. The highest BCUT2D eigenvalue weighted by molar-refractivity contribution is 5.99. The lowest BCUT2D eigenvalue weighted by molar-refractivity contribution is -0.128. The number of benzene rings is 3. The Kier molecular flexibility index (Phi) is 13.9. The lowest BCUT2D eigenvalue weighted by Gasteiger charge is -2.28. The van der Waals surface area contributed by atoms with Crippen LogP contribution in [0.25, 0.3) is 22.0 Å². The molecule has 2 atom stereocenters. The van der Waals surface area contributed by atoms with E-state index in [9.17, 15) is 24.0 Å². The van der Waals surface area contributed by atoms with Gasteiger partial charge in [-0.3, -0.25) is 14.4 Å². The second-order valence-electron chi connectivity index (χ2n) is 16.5. The molecule has 12 heteroatoms. The molecule has 1 aromatic heterocycles. The van der Waals surface area contributed by atoms with Crippen LogP contribution in [0.15, 0.2) is 77.6 Å². The normalized spacial score (nSPS) is 15.1. The number of anilines is 1. The number of carbonyl (C=O) groups excluding carboxylic acids is 4. The van der Waals surface area contributed by atoms with Crippen molar-refractivity contribution in [2.24, 2.45) is 5.92 Å². The summed E-state index contributed by atoms with van der Waals surface area (Å²) in [5.41, 5.74) is 5.51. The van der Waals surface area contributed by atoms with Crippen LogP contribution in [0.4, 0.5) is 15.3 Å². The van der Waals surface area contributed by atoms with E-state index in [-0.39, 0.29) is 30.4 Å². The zero-order valence-corrected chi connectivity index (χ0v) is 34.1. The number of aryl methyl sites for hydroxylation is 1. The molecule has 5 N–H and O–H groups in total. The fourth-order valence-corrected chi connectivity index (χ4v) is 8.22. The molecule has 0 aliphatic heterocycles. The Labute approximate surface area is 340 Å². The van der Waals surface area contributed by atoms with Crippen molar-refractivity contribution in [2.75, 3.05) is 18.5 Å². The smallest absolute Gasteiger partial charge is 0.407 e. The summed E-state index contributed by atoms with van der Waals surface area (Å²) in [5.74, 6) is -0.818. The van der Waals surface area contributed by atoms with Gasteiger partial charge in [0.05, 0.1) is 5.52 Å². The number of rotatable bonds is 15. The summed E-state index contributed by atoms with van der Waals surface area (Å²) in [5, 5.41) is 12.4. The van der Waals surface area contributed by atoms with Crippen molar-refractivity contribution in [2.45, 2.75) is 116 Å². The molecular formula is C46H57N5O7. The average molecular weight is 792 g/mol. The van der Waals surface area contributed by atoms with Gasteiger partial charge < -0.3 is 35.7 Å². The number of H-pyrrole nitrogens is 1. The number of ether oxygens (including phenoxy) is 2. The molecule has 4 amide bonds. The van der Waals surface area contributed by atoms with Gasteiger partial charge in [0.2, 0.25) is 17.4 Å². The predicted molar refractivity (Wildman–Crippen MR) is 226 cm³/mol. The molecule has 2 aliphatic rings. The van der Waals surface area contributed by atoms with Gasteiger partial charge in [-0.2, -0.15) is 0 Å². The Morgan fingerprint density at radius 2 is 1.50 bits per heavy atom. The number of fused-ring (bicyclic) bond motifs is 4. The average Bonchev–Trinajstić information content (AvgIpc) is 3.51. The van der Waals surface area contributed by atoms with Gasteiger partial charge in [0, 0.05) is 29.6 Å². The van der Waals surface area contributed by atoms with Crippen molar-refractivity contribution in [3.63, 3.8) is 0 Å². The third-order valence-electron chi connectivity index (χ3n) is 11.0. The highest BCUT2D eigenvalue weighted by Gasteiger charge is 2.32. The van der Waals surface area contributed by atoms with Crippen LogP contribution >= 0.6 is 0 Å². The summed E-state index contributed by atoms with van der Waals surface area (Å²) in [4.78, 5) is 69.1. The summed E-state index contributed by atoms with van der Waals surface area (Å²) >= 11 is 0. The van der Waals surface area contributed by atoms with Crippen LogP contribution < -0.4 is 26.8 Å². The number of pyridine rings is 1. The first-order chi connectivity index (χ1) is 27.9. The maximum absolute atomic E-state index is 14.2. The number of unbranched alkanes of at least 4 members (excludes halogenated alkanes) is 1. The van der Waals surface area contributed by atoms with Crippen molar-refractivity contribution in [1.82, 2.24) is 20.9 Å². The Bertz CT molecular complexity index is 2110. The van der Waals surface area contributed by atoms with Crippen molar-refractivity contribution >= 4 is 40.6 Å². The van der Waals surface area contributed by atoms with E-state index in [1.54, 1.807) is 39.0 Å². The molecule has 4 aromatic rings. The van der Waals surface area contributed by atoms with Gasteiger partial charge in [-0.25, -0.2) is 9.59 Å². The van der Waals surface area contributed by atoms with E-state index in [0.717, 1.165) is 65.3 Å². The molecule has 1 fully saturated rings. The monoisotopic (exact) mass is 791 g/mol. The van der Waals surface area contributed by atoms with Gasteiger partial charge in [-0.15, -0.1) is 0 Å². The minimum atomic E-state index is -0.969. The minimum Gasteiger partial charge on any atom is -0.449 e. The highest BCUT2D eigenvalue weighted by Crippen LogP contribution is 2.44. The number of hydrogen-bond donors (Lipinski definition) is 5. The topological polar surface area (TPSA) is 168 Å². The molecule has 3 aromatic carbocycles. The molecule has 58 heavy (non-hydrogen) atoms. The van der Waals surface area contributed by atoms with E-state index >= 15 is 0 Å². The summed E-state index contributed by atoms with van der Waals surface area (Å²) in [7, 11) is 0. The molecular weight excluding hydrogens is 735 g/mol. The van der Waals surface area contributed by atoms with Crippen LogP contribution in [0.2, 0.25) is 0 Å². The number of aromatic nitrogens is 1. The van der Waals surface area contributed by atoms with Crippen LogP contribution in [-0.4, -0.2) is 59.8 Å². The molecule has 1 heterocycles. The van der Waals surface area contributed by atoms with E-state index in [1.165, 1.54) is 0 Å². The number of amides is 4. The van der Waals surface area contributed by atoms with Crippen molar-refractivity contribution in [1.29, 1.82) is 0 Å². The fourth-order valence-electron chi connectivity index (χ4n) is 8.22. The SMILES string of the molecule is CCc1cc(=O)[nH]c2cc(NC(=O)[C@H](CCCCNC(=O)OC(C)(C)C)NC(=O)[C@H](CC3CCCCC3)NC(=O)OCC3c4ccccc4-c4ccccc43)ccc12. The maximum Gasteiger partial charge on any atom is 0.407 e. The van der Waals surface area contributed by atoms with E-state index in [0.29, 0.717) is 43.4 Å². The van der Waals surface area contributed by atoms with Crippen molar-refractivity contribution in [3.05, 3.63) is 99.8 Å². The molecule has 1 saturated carbocycles. The van der Waals surface area contributed by atoms with E-state index < -0.39 is 41.7 Å². The second kappa shape index (κ2) is 19.2. The van der Waals surface area contributed by atoms with Gasteiger partial charge in [-0.05, 0) is 98.7 Å². The maximum atomic E-state index is 14.2. The second-order valence-corrected chi connectivity index (χ2v) is 16.5. The van der Waals surface area contributed by atoms with Crippen molar-refractivity contribution in [3.8, 4) is 11.1 Å². The molecule has 0 bridgehead atoms. The molecule has 12 nitrogen and oxygen atoms in total. The largest absolute Gasteiger partial charge is 0.449 e. The molecule has 0 saturated heterocycles. The predicted octanol–water partition coefficient (Wildman–Crippen LogP) is 8.09. The first kappa shape index (κ1) is 42.0. The van der Waals surface area contributed by atoms with Gasteiger partial charge >= 0.3 is 12.2 Å². The van der Waals surface area contributed by atoms with Gasteiger partial charge in [0.1, 0.15) is 24.3 Å². The van der Waals surface area contributed by atoms with E-state index in [1.807, 2.05) is 37.3 Å². The Balaban J connectivity index is 1.16. The highest BCUT2D eigenvalue weighted by atomic mass is 16.6. The van der Waals surface area contributed by atoms with Crippen LogP contribution in [0, 0.1) is 5.92 Å². The van der Waals surface area contributed by atoms with Crippen LogP contribution in [0.1, 0.15) is 108 Å². The molecule has 0 spiro atoms. The van der Waals surface area contributed by atoms with Gasteiger partial charge in [-0.1, -0.05) is 93.6 Å². The molecule has 6 rings (SSSR count). The first-order valence-corrected chi connectivity index (χ1v) is 20.7. The summed E-state index contributed by atoms with van der Waals surface area (Å²) in [6, 6.07) is 21.2. The number of alkyl carbamates (subject to hydrolysis) is 2. The molecule has 0 unspecified atom stereocenters. The van der Waals surface area contributed by atoms with Crippen molar-refractivity contribution < 1.29 is 28.7 Å². The quantitative estimate of drug-likeness (QED) is 0.0759. The zero-order chi connectivity index (χ0) is 41.2. The minimum absolute atomic E-state index is 0.108. The molecule has 308 valence electrons. The molecule has 2 aliphatic carbocycles. The third kappa shape index (κ3) is 11.0. The number of hydrogen-bond acceptors (Lipinski definition) is 7. The first-order valence-electron chi connectivity index (χ1n) is 20.7. The number of carbonyl (C=O) groups is 4. The van der Waals surface area contributed by atoms with E-state index in [2.05, 4.69) is 50.5 Å². The van der Waals surface area contributed by atoms with Crippen LogP contribution in [0.3, 0.4) is 0 Å². The summed E-state index contributed by atoms with van der Waals surface area (Å²) < 4.78 is 11.2. The standard InChI is InChI=1S/C46H57N5O7/c1-5-30-26-41(52)49-39-27-31(22-23-32(30)39)48-42(53)38(21-13-14-24-47-44(55)58-46(2,3)4)50-43(54)40(25-29-15-7-6-8-16-29)51-45(56)57-28-37-35-19-11-9-17-33(35)34-18-10-12-20-36(34)37/h9-12,17-20,22-23,26-27,29,37-38,40H,5-8,13-16,21,24-25,28H2,1-4H3,(H,47,55)(H,48,53)(H,49,52)(H,50,54)(H,51,56)/t38-,40-/m0/s1. The van der Waals surface area contributed by atoms with Crippen LogP contribution in [0.5, 0.6) is 0 Å². The summed E-state index contributed by atoms with van der Waals surface area (Å²) in [6.45, 7) is 7.78. The Morgan fingerprint density at radius 3 is 2.17 bits per heavy atom. The van der Waals surface area contributed by atoms with Crippen LogP contribution in [-0.2, 0) is 25.5 Å². The molecule has 0 radical (unpaired) electrons. The zero-order valence-electron chi connectivity index (χ0n) is 34.1. The third-order valence-corrected chi connectivity index (χ3v) is 11.0. The van der Waals surface area contributed by atoms with Gasteiger partial charge in [0.25, 0.3) is 0 Å². The van der Waals surface area contributed by atoms with E-state index in [4.69, 9.17) is 9.47 Å². The number of aromatic amines is 1. The Hall–Kier alpha value is -5.65.